The predicted molar refractivity (Wildman–Crippen MR) is 72.1 cm³/mol. The number of imidazole rings is 1. The van der Waals surface area contributed by atoms with E-state index in [0.717, 1.165) is 12.1 Å². The molecule has 3 nitrogen and oxygen atoms in total. The van der Waals surface area contributed by atoms with E-state index in [9.17, 15) is 18.0 Å². The highest BCUT2D eigenvalue weighted by atomic mass is 79.9. The van der Waals surface area contributed by atoms with Crippen LogP contribution >= 0.6 is 39.1 Å². The number of halogens is 6. The predicted octanol–water partition coefficient (Wildman–Crippen LogP) is 4.98. The third kappa shape index (κ3) is 2.84. The molecule has 2 aromatic rings. The standard InChI is InChI=1S/C11H4BrCl2F3N2O/c12-9-7(3-20)18-10(19-9)8-5(13)1-4(2-6(8)14)11(15,16)17/h1-3H,(H,18,19). The second-order valence-electron chi connectivity index (χ2n) is 3.72. The van der Waals surface area contributed by atoms with Crippen LogP contribution < -0.4 is 0 Å². The van der Waals surface area contributed by atoms with E-state index in [4.69, 9.17) is 23.2 Å². The number of rotatable bonds is 2. The molecular weight excluding hydrogens is 384 g/mol. The van der Waals surface area contributed by atoms with Gasteiger partial charge in [-0.1, -0.05) is 23.2 Å². The molecule has 1 heterocycles. The fourth-order valence-corrected chi connectivity index (χ4v) is 2.56. The van der Waals surface area contributed by atoms with Crippen molar-refractivity contribution in [3.63, 3.8) is 0 Å². The summed E-state index contributed by atoms with van der Waals surface area (Å²) in [6.07, 6.45) is -4.07. The molecule has 0 bridgehead atoms. The summed E-state index contributed by atoms with van der Waals surface area (Å²) >= 11 is 14.7. The number of hydrogen-bond donors (Lipinski definition) is 1. The van der Waals surface area contributed by atoms with Gasteiger partial charge in [0.25, 0.3) is 0 Å². The summed E-state index contributed by atoms with van der Waals surface area (Å²) in [6, 6.07) is 1.50. The van der Waals surface area contributed by atoms with Gasteiger partial charge in [-0.25, -0.2) is 4.98 Å². The van der Waals surface area contributed by atoms with Crippen LogP contribution in [0, 0.1) is 0 Å². The molecule has 0 atom stereocenters. The largest absolute Gasteiger partial charge is 0.416 e. The van der Waals surface area contributed by atoms with Gasteiger partial charge in [-0.2, -0.15) is 13.2 Å². The van der Waals surface area contributed by atoms with E-state index in [-0.39, 0.29) is 31.7 Å². The number of alkyl halides is 3. The van der Waals surface area contributed by atoms with Gasteiger partial charge in [0.15, 0.2) is 6.29 Å². The molecule has 1 aromatic carbocycles. The van der Waals surface area contributed by atoms with Gasteiger partial charge < -0.3 is 4.98 Å². The summed E-state index contributed by atoms with van der Waals surface area (Å²) in [4.78, 5) is 17.3. The maximum absolute atomic E-state index is 12.6. The van der Waals surface area contributed by atoms with Crippen molar-refractivity contribution < 1.29 is 18.0 Å². The average molecular weight is 388 g/mol. The van der Waals surface area contributed by atoms with E-state index in [1.807, 2.05) is 0 Å². The zero-order chi connectivity index (χ0) is 15.1. The summed E-state index contributed by atoms with van der Waals surface area (Å²) in [5, 5.41) is -0.438. The van der Waals surface area contributed by atoms with Crippen LogP contribution in [0.2, 0.25) is 10.0 Å². The normalized spacial score (nSPS) is 11.7. The second kappa shape index (κ2) is 5.38. The molecular formula is C11H4BrCl2F3N2O. The number of aldehydes is 1. The minimum atomic E-state index is -4.55. The molecule has 1 aromatic heterocycles. The fourth-order valence-electron chi connectivity index (χ4n) is 1.52. The molecule has 0 amide bonds. The topological polar surface area (TPSA) is 45.8 Å². The second-order valence-corrected chi connectivity index (χ2v) is 5.32. The third-order valence-corrected chi connectivity index (χ3v) is 3.60. The number of aromatic amines is 1. The number of H-pyrrole nitrogens is 1. The van der Waals surface area contributed by atoms with Crippen molar-refractivity contribution in [2.45, 2.75) is 6.18 Å². The monoisotopic (exact) mass is 386 g/mol. The lowest BCUT2D eigenvalue weighted by Gasteiger charge is -2.10. The zero-order valence-corrected chi connectivity index (χ0v) is 12.5. The molecule has 2 rings (SSSR count). The first-order valence-corrected chi connectivity index (χ1v) is 6.56. The SMILES string of the molecule is O=Cc1nc(-c2c(Cl)cc(C(F)(F)F)cc2Cl)[nH]c1Br. The van der Waals surface area contributed by atoms with Crippen LogP contribution in [0.25, 0.3) is 11.4 Å². The molecule has 0 aliphatic carbocycles. The maximum Gasteiger partial charge on any atom is 0.416 e. The molecule has 0 aliphatic heterocycles. The van der Waals surface area contributed by atoms with Crippen LogP contribution in [-0.2, 0) is 6.18 Å². The van der Waals surface area contributed by atoms with Crippen molar-refractivity contribution in [3.05, 3.63) is 38.0 Å². The van der Waals surface area contributed by atoms with Gasteiger partial charge >= 0.3 is 6.18 Å². The van der Waals surface area contributed by atoms with Gasteiger partial charge in [0.05, 0.1) is 21.2 Å². The number of carbonyl (C=O) groups excluding carboxylic acids is 1. The molecule has 0 saturated carbocycles. The number of nitrogens with one attached hydrogen (secondary N) is 1. The number of aromatic nitrogens is 2. The van der Waals surface area contributed by atoms with Crippen LogP contribution in [-0.4, -0.2) is 16.3 Å². The Morgan fingerprint density at radius 3 is 2.20 bits per heavy atom. The fraction of sp³-hybridized carbons (Fsp3) is 0.0909. The molecule has 1 N–H and O–H groups in total. The van der Waals surface area contributed by atoms with Crippen LogP contribution in [0.4, 0.5) is 13.2 Å². The summed E-state index contributed by atoms with van der Waals surface area (Å²) in [5.74, 6) is 0.0997. The molecule has 0 aliphatic rings. The first kappa shape index (κ1) is 15.3. The molecule has 0 spiro atoms. The Hall–Kier alpha value is -1.05. The van der Waals surface area contributed by atoms with E-state index < -0.39 is 11.7 Å². The van der Waals surface area contributed by atoms with E-state index in [1.165, 1.54) is 0 Å². The Balaban J connectivity index is 2.60. The lowest BCUT2D eigenvalue weighted by molar-refractivity contribution is -0.137. The minimum absolute atomic E-state index is 0.0621. The number of benzene rings is 1. The number of hydrogen-bond acceptors (Lipinski definition) is 2. The van der Waals surface area contributed by atoms with E-state index in [0.29, 0.717) is 6.29 Å². The zero-order valence-electron chi connectivity index (χ0n) is 9.36. The van der Waals surface area contributed by atoms with Crippen LogP contribution in [0.3, 0.4) is 0 Å². The molecule has 0 saturated heterocycles. The van der Waals surface area contributed by atoms with Gasteiger partial charge in [-0.05, 0) is 28.1 Å². The Morgan fingerprint density at radius 2 is 1.80 bits per heavy atom. The Labute approximate surface area is 129 Å². The Morgan fingerprint density at radius 1 is 1.25 bits per heavy atom. The van der Waals surface area contributed by atoms with Crippen LogP contribution in [0.5, 0.6) is 0 Å². The first-order chi connectivity index (χ1) is 9.24. The van der Waals surface area contributed by atoms with Gasteiger partial charge in [0.2, 0.25) is 0 Å². The number of carbonyl (C=O) groups is 1. The van der Waals surface area contributed by atoms with Gasteiger partial charge in [0.1, 0.15) is 16.1 Å². The highest BCUT2D eigenvalue weighted by Gasteiger charge is 2.32. The Kier molecular flexibility index (Phi) is 4.13. The van der Waals surface area contributed by atoms with E-state index in [2.05, 4.69) is 25.9 Å². The van der Waals surface area contributed by atoms with Gasteiger partial charge in [0, 0.05) is 0 Å². The molecule has 0 radical (unpaired) electrons. The maximum atomic E-state index is 12.6. The summed E-state index contributed by atoms with van der Waals surface area (Å²) in [6.45, 7) is 0. The highest BCUT2D eigenvalue weighted by molar-refractivity contribution is 9.10. The van der Waals surface area contributed by atoms with Crippen LogP contribution in [0.15, 0.2) is 16.7 Å². The molecule has 20 heavy (non-hydrogen) atoms. The third-order valence-electron chi connectivity index (χ3n) is 2.40. The van der Waals surface area contributed by atoms with Gasteiger partial charge in [-0.3, -0.25) is 4.79 Å². The Bertz CT molecular complexity index is 662. The number of nitrogens with zero attached hydrogens (tertiary/aromatic N) is 1. The smallest absolute Gasteiger partial charge is 0.332 e. The molecule has 9 heteroatoms. The lowest BCUT2D eigenvalue weighted by atomic mass is 10.1. The van der Waals surface area contributed by atoms with Crippen molar-refractivity contribution in [1.29, 1.82) is 0 Å². The van der Waals surface area contributed by atoms with Crippen molar-refractivity contribution in [2.75, 3.05) is 0 Å². The minimum Gasteiger partial charge on any atom is -0.332 e. The van der Waals surface area contributed by atoms with E-state index in [1.54, 1.807) is 0 Å². The summed E-state index contributed by atoms with van der Waals surface area (Å²) in [5.41, 5.74) is -0.806. The summed E-state index contributed by atoms with van der Waals surface area (Å²) < 4.78 is 38.1. The van der Waals surface area contributed by atoms with Gasteiger partial charge in [-0.15, -0.1) is 0 Å². The van der Waals surface area contributed by atoms with Crippen molar-refractivity contribution >= 4 is 45.4 Å². The van der Waals surface area contributed by atoms with Crippen molar-refractivity contribution in [2.24, 2.45) is 0 Å². The van der Waals surface area contributed by atoms with Crippen LogP contribution in [0.1, 0.15) is 16.1 Å². The molecule has 0 unspecified atom stereocenters. The average Bonchev–Trinajstić information content (AvgIpc) is 2.68. The van der Waals surface area contributed by atoms with Crippen molar-refractivity contribution in [3.8, 4) is 11.4 Å². The molecule has 0 fully saturated rings. The molecule has 106 valence electrons. The van der Waals surface area contributed by atoms with E-state index >= 15 is 0 Å². The first-order valence-electron chi connectivity index (χ1n) is 5.01. The quantitative estimate of drug-likeness (QED) is 0.739. The summed E-state index contributed by atoms with van der Waals surface area (Å²) in [7, 11) is 0. The van der Waals surface area contributed by atoms with Crippen molar-refractivity contribution in [1.82, 2.24) is 9.97 Å². The highest BCUT2D eigenvalue weighted by Crippen LogP contribution is 2.40. The lowest BCUT2D eigenvalue weighted by Crippen LogP contribution is -2.05.